The number of methoxy groups -OCH3 is 1. The molecule has 1 atom stereocenters. The summed E-state index contributed by atoms with van der Waals surface area (Å²) in [6, 6.07) is 15.3. The molecule has 110 valence electrons. The number of carboxylic acids is 1. The van der Waals surface area contributed by atoms with Gasteiger partial charge in [-0.2, -0.15) is 0 Å². The number of hydrogen-bond donors (Lipinski definition) is 1. The van der Waals surface area contributed by atoms with Gasteiger partial charge in [-0.3, -0.25) is 4.79 Å². The number of rotatable bonds is 6. The van der Waals surface area contributed by atoms with Gasteiger partial charge in [-0.05, 0) is 36.1 Å². The van der Waals surface area contributed by atoms with Crippen LogP contribution < -0.4 is 4.74 Å². The lowest BCUT2D eigenvalue weighted by atomic mass is 9.92. The van der Waals surface area contributed by atoms with Crippen molar-refractivity contribution in [3.63, 3.8) is 0 Å². The second-order valence-corrected chi connectivity index (χ2v) is 5.70. The van der Waals surface area contributed by atoms with Crippen LogP contribution in [0.25, 0.3) is 0 Å². The van der Waals surface area contributed by atoms with E-state index in [2.05, 4.69) is 15.9 Å². The second kappa shape index (κ2) is 7.27. The van der Waals surface area contributed by atoms with Crippen LogP contribution in [0.15, 0.2) is 53.0 Å². The number of halogens is 1. The Morgan fingerprint density at radius 1 is 1.10 bits per heavy atom. The molecule has 0 aliphatic carbocycles. The number of ether oxygens (including phenoxy) is 1. The van der Waals surface area contributed by atoms with Crippen molar-refractivity contribution in [1.82, 2.24) is 0 Å². The Morgan fingerprint density at radius 3 is 2.29 bits per heavy atom. The third-order valence-corrected chi connectivity index (χ3v) is 4.21. The van der Waals surface area contributed by atoms with Crippen molar-refractivity contribution < 1.29 is 14.6 Å². The molecule has 0 fully saturated rings. The molecule has 0 saturated carbocycles. The van der Waals surface area contributed by atoms with E-state index in [1.54, 1.807) is 7.11 Å². The van der Waals surface area contributed by atoms with Crippen LogP contribution in [0, 0.1) is 5.92 Å². The number of carbonyl (C=O) groups is 1. The van der Waals surface area contributed by atoms with Gasteiger partial charge in [0.2, 0.25) is 0 Å². The molecule has 0 radical (unpaired) electrons. The van der Waals surface area contributed by atoms with E-state index in [9.17, 15) is 9.90 Å². The van der Waals surface area contributed by atoms with Crippen LogP contribution in [-0.2, 0) is 17.6 Å². The van der Waals surface area contributed by atoms with Crippen molar-refractivity contribution in [2.45, 2.75) is 12.8 Å². The fraction of sp³-hybridized carbons (Fsp3) is 0.235. The van der Waals surface area contributed by atoms with Gasteiger partial charge in [-0.1, -0.05) is 52.3 Å². The Morgan fingerprint density at radius 2 is 1.67 bits per heavy atom. The van der Waals surface area contributed by atoms with Gasteiger partial charge in [0.05, 0.1) is 13.0 Å². The summed E-state index contributed by atoms with van der Waals surface area (Å²) in [5.41, 5.74) is 1.92. The Labute approximate surface area is 132 Å². The first-order valence-electron chi connectivity index (χ1n) is 6.70. The summed E-state index contributed by atoms with van der Waals surface area (Å²) < 4.78 is 6.24. The molecule has 0 amide bonds. The lowest BCUT2D eigenvalue weighted by Crippen LogP contribution is -2.19. The predicted octanol–water partition coefficient (Wildman–Crippen LogP) is 3.94. The van der Waals surface area contributed by atoms with E-state index in [-0.39, 0.29) is 0 Å². The monoisotopic (exact) mass is 348 g/mol. The molecule has 0 bridgehead atoms. The first-order chi connectivity index (χ1) is 10.1. The maximum absolute atomic E-state index is 11.6. The summed E-state index contributed by atoms with van der Waals surface area (Å²) >= 11 is 3.47. The number of aliphatic carboxylic acids is 1. The molecule has 4 heteroatoms. The first kappa shape index (κ1) is 15.6. The number of carboxylic acid groups (broad SMARTS) is 1. The van der Waals surface area contributed by atoms with Crippen LogP contribution in [0.3, 0.4) is 0 Å². The molecule has 0 aliphatic heterocycles. The van der Waals surface area contributed by atoms with Gasteiger partial charge < -0.3 is 9.84 Å². The van der Waals surface area contributed by atoms with Gasteiger partial charge in [-0.15, -0.1) is 0 Å². The minimum Gasteiger partial charge on any atom is -0.496 e. The molecular weight excluding hydrogens is 332 g/mol. The molecule has 2 aromatic carbocycles. The Bertz CT molecular complexity index is 625. The van der Waals surface area contributed by atoms with E-state index < -0.39 is 11.9 Å². The number of para-hydroxylation sites is 1. The normalized spacial score (nSPS) is 11.9. The molecule has 0 aromatic heterocycles. The van der Waals surface area contributed by atoms with E-state index in [1.807, 2.05) is 48.5 Å². The van der Waals surface area contributed by atoms with Gasteiger partial charge >= 0.3 is 5.97 Å². The van der Waals surface area contributed by atoms with E-state index in [1.165, 1.54) is 0 Å². The van der Waals surface area contributed by atoms with Gasteiger partial charge in [0, 0.05) is 4.47 Å². The quantitative estimate of drug-likeness (QED) is 0.859. The molecule has 1 N–H and O–H groups in total. The van der Waals surface area contributed by atoms with E-state index >= 15 is 0 Å². The average molecular weight is 349 g/mol. The molecule has 0 aliphatic rings. The van der Waals surface area contributed by atoms with E-state index in [0.29, 0.717) is 12.8 Å². The van der Waals surface area contributed by atoms with Crippen LogP contribution in [0.5, 0.6) is 5.75 Å². The van der Waals surface area contributed by atoms with Crippen molar-refractivity contribution in [2.24, 2.45) is 5.92 Å². The first-order valence-corrected chi connectivity index (χ1v) is 7.49. The van der Waals surface area contributed by atoms with Crippen molar-refractivity contribution in [1.29, 1.82) is 0 Å². The van der Waals surface area contributed by atoms with Crippen molar-refractivity contribution >= 4 is 21.9 Å². The summed E-state index contributed by atoms with van der Waals surface area (Å²) in [6.07, 6.45) is 0.926. The average Bonchev–Trinajstić information content (AvgIpc) is 2.49. The second-order valence-electron chi connectivity index (χ2n) is 4.85. The molecular formula is C17H17BrO3. The molecule has 3 nitrogen and oxygen atoms in total. The van der Waals surface area contributed by atoms with Crippen molar-refractivity contribution in [2.75, 3.05) is 7.11 Å². The van der Waals surface area contributed by atoms with Crippen LogP contribution in [0.4, 0.5) is 0 Å². The van der Waals surface area contributed by atoms with Crippen LogP contribution in [0.2, 0.25) is 0 Å². The highest BCUT2D eigenvalue weighted by atomic mass is 79.9. The third-order valence-electron chi connectivity index (χ3n) is 3.43. The fourth-order valence-corrected chi connectivity index (χ4v) is 2.76. The summed E-state index contributed by atoms with van der Waals surface area (Å²) in [5, 5.41) is 9.49. The Balaban J connectivity index is 2.20. The topological polar surface area (TPSA) is 46.5 Å². The minimum absolute atomic E-state index is 0.445. The highest BCUT2D eigenvalue weighted by Crippen LogP contribution is 2.25. The fourth-order valence-electron chi connectivity index (χ4n) is 2.31. The van der Waals surface area contributed by atoms with Crippen LogP contribution in [-0.4, -0.2) is 18.2 Å². The summed E-state index contributed by atoms with van der Waals surface area (Å²) in [4.78, 5) is 11.6. The Hall–Kier alpha value is -1.81. The van der Waals surface area contributed by atoms with Crippen molar-refractivity contribution in [3.05, 3.63) is 64.1 Å². The number of hydrogen-bond acceptors (Lipinski definition) is 2. The predicted molar refractivity (Wildman–Crippen MR) is 85.7 cm³/mol. The van der Waals surface area contributed by atoms with E-state index in [4.69, 9.17) is 4.74 Å². The maximum Gasteiger partial charge on any atom is 0.307 e. The smallest absolute Gasteiger partial charge is 0.307 e. The van der Waals surface area contributed by atoms with Crippen LogP contribution >= 0.6 is 15.9 Å². The van der Waals surface area contributed by atoms with Gasteiger partial charge in [0.1, 0.15) is 5.75 Å². The van der Waals surface area contributed by atoms with Gasteiger partial charge in [-0.25, -0.2) is 0 Å². The standard InChI is InChI=1S/C17H17BrO3/c1-21-16-9-5-3-7-13(16)11-14(17(19)20)10-12-6-2-4-8-15(12)18/h2-9,14H,10-11H2,1H3,(H,19,20). The number of benzene rings is 2. The third kappa shape index (κ3) is 4.08. The molecule has 0 heterocycles. The largest absolute Gasteiger partial charge is 0.496 e. The highest BCUT2D eigenvalue weighted by Gasteiger charge is 2.21. The summed E-state index contributed by atoms with van der Waals surface area (Å²) in [5.74, 6) is -0.549. The van der Waals surface area contributed by atoms with Gasteiger partial charge in [0.25, 0.3) is 0 Å². The van der Waals surface area contributed by atoms with Crippen LogP contribution in [0.1, 0.15) is 11.1 Å². The highest BCUT2D eigenvalue weighted by molar-refractivity contribution is 9.10. The zero-order chi connectivity index (χ0) is 15.2. The zero-order valence-corrected chi connectivity index (χ0v) is 13.3. The molecule has 2 aromatic rings. The van der Waals surface area contributed by atoms with E-state index in [0.717, 1.165) is 21.3 Å². The SMILES string of the molecule is COc1ccccc1CC(Cc1ccccc1Br)C(=O)O. The van der Waals surface area contributed by atoms with Crippen molar-refractivity contribution in [3.8, 4) is 5.75 Å². The maximum atomic E-state index is 11.6. The zero-order valence-electron chi connectivity index (χ0n) is 11.8. The summed E-state index contributed by atoms with van der Waals surface area (Å²) in [6.45, 7) is 0. The lowest BCUT2D eigenvalue weighted by Gasteiger charge is -2.15. The Kier molecular flexibility index (Phi) is 5.39. The molecule has 0 saturated heterocycles. The lowest BCUT2D eigenvalue weighted by molar-refractivity contribution is -0.141. The minimum atomic E-state index is -0.795. The molecule has 0 spiro atoms. The van der Waals surface area contributed by atoms with Gasteiger partial charge in [0.15, 0.2) is 0 Å². The molecule has 2 rings (SSSR count). The molecule has 21 heavy (non-hydrogen) atoms. The molecule has 1 unspecified atom stereocenters. The summed E-state index contributed by atoms with van der Waals surface area (Å²) in [7, 11) is 1.60.